The summed E-state index contributed by atoms with van der Waals surface area (Å²) < 4.78 is 6.91. The average molecular weight is 398 g/mol. The Hall–Kier alpha value is -2.94. The van der Waals surface area contributed by atoms with E-state index >= 15 is 0 Å². The summed E-state index contributed by atoms with van der Waals surface area (Å²) in [5, 5.41) is 11.6. The van der Waals surface area contributed by atoms with Gasteiger partial charge < -0.3 is 20.4 Å². The maximum absolute atomic E-state index is 12.4. The summed E-state index contributed by atoms with van der Waals surface area (Å²) >= 11 is 0. The number of fused-ring (bicyclic) bond motifs is 3. The first-order valence-corrected chi connectivity index (χ1v) is 10.1. The van der Waals surface area contributed by atoms with Crippen molar-refractivity contribution in [2.24, 2.45) is 0 Å². The van der Waals surface area contributed by atoms with Crippen LogP contribution >= 0.6 is 0 Å². The zero-order valence-corrected chi connectivity index (χ0v) is 16.5. The van der Waals surface area contributed by atoms with Crippen LogP contribution in [0.2, 0.25) is 0 Å². The number of nitrogens with one attached hydrogen (secondary N) is 3. The second-order valence-electron chi connectivity index (χ2n) is 7.40. The van der Waals surface area contributed by atoms with E-state index < -0.39 is 11.8 Å². The first-order chi connectivity index (χ1) is 14.2. The second kappa shape index (κ2) is 8.60. The molecule has 0 aromatic carbocycles. The highest BCUT2D eigenvalue weighted by atomic mass is 16.5. The van der Waals surface area contributed by atoms with Gasteiger partial charge in [0.25, 0.3) is 0 Å². The third kappa shape index (κ3) is 3.95. The Bertz CT molecular complexity index is 1020. The summed E-state index contributed by atoms with van der Waals surface area (Å²) in [6.07, 6.45) is 10.5. The molecule has 0 unspecified atom stereocenters. The monoisotopic (exact) mass is 398 g/mol. The topological polar surface area (TPSA) is 114 Å². The Morgan fingerprint density at radius 1 is 1.21 bits per heavy atom. The number of anilines is 1. The maximum atomic E-state index is 12.4. The molecule has 154 valence electrons. The molecule has 9 nitrogen and oxygen atoms in total. The molecule has 0 radical (unpaired) electrons. The average Bonchev–Trinajstić information content (AvgIpc) is 3.24. The third-order valence-electron chi connectivity index (χ3n) is 5.45. The van der Waals surface area contributed by atoms with Gasteiger partial charge in [-0.1, -0.05) is 25.7 Å². The van der Waals surface area contributed by atoms with E-state index in [1.807, 2.05) is 16.9 Å². The molecule has 0 atom stereocenters. The molecule has 3 aromatic rings. The van der Waals surface area contributed by atoms with Crippen molar-refractivity contribution in [1.29, 1.82) is 0 Å². The van der Waals surface area contributed by atoms with Crippen LogP contribution in [0.15, 0.2) is 18.5 Å². The minimum absolute atomic E-state index is 0.265. The standard InChI is InChI=1S/C20H26N6O3/c1-29-11-10-22-19(27)20(28)24-18-15-12-23-17-14(8-9-21-17)16(15)26(25-18)13-6-4-2-3-5-7-13/h8-9,12-13H,2-7,10-11H2,1H3,(H,21,23)(H,22,27)(H,24,25,28). The lowest BCUT2D eigenvalue weighted by atomic mass is 10.1. The SMILES string of the molecule is COCCNC(=O)C(=O)Nc1nn(C2CCCCCC2)c2c1cnc1[nH]ccc12. The van der Waals surface area contributed by atoms with Crippen molar-refractivity contribution in [1.82, 2.24) is 25.1 Å². The summed E-state index contributed by atoms with van der Waals surface area (Å²) in [7, 11) is 1.53. The van der Waals surface area contributed by atoms with E-state index in [0.717, 1.165) is 47.6 Å². The Morgan fingerprint density at radius 2 is 2.00 bits per heavy atom. The fourth-order valence-corrected chi connectivity index (χ4v) is 4.00. The molecular formula is C20H26N6O3. The van der Waals surface area contributed by atoms with Crippen LogP contribution in [0.5, 0.6) is 0 Å². The van der Waals surface area contributed by atoms with Gasteiger partial charge in [-0.3, -0.25) is 14.3 Å². The van der Waals surface area contributed by atoms with Crippen LogP contribution in [0, 0.1) is 0 Å². The van der Waals surface area contributed by atoms with E-state index in [0.29, 0.717) is 12.4 Å². The molecule has 3 N–H and O–H groups in total. The van der Waals surface area contributed by atoms with Crippen LogP contribution in [-0.2, 0) is 14.3 Å². The summed E-state index contributed by atoms with van der Waals surface area (Å²) in [4.78, 5) is 32.0. The van der Waals surface area contributed by atoms with Gasteiger partial charge in [0.05, 0.1) is 23.6 Å². The molecule has 1 fully saturated rings. The van der Waals surface area contributed by atoms with Crippen molar-refractivity contribution in [2.45, 2.75) is 44.6 Å². The predicted octanol–water partition coefficient (Wildman–Crippen LogP) is 2.51. The summed E-state index contributed by atoms with van der Waals surface area (Å²) in [5.74, 6) is -1.09. The zero-order chi connectivity index (χ0) is 20.2. The maximum Gasteiger partial charge on any atom is 0.314 e. The molecule has 4 rings (SSSR count). The smallest absolute Gasteiger partial charge is 0.314 e. The minimum Gasteiger partial charge on any atom is -0.383 e. The predicted molar refractivity (Wildman–Crippen MR) is 110 cm³/mol. The minimum atomic E-state index is -0.748. The second-order valence-corrected chi connectivity index (χ2v) is 7.40. The van der Waals surface area contributed by atoms with E-state index in [2.05, 4.69) is 20.6 Å². The first kappa shape index (κ1) is 19.4. The van der Waals surface area contributed by atoms with Gasteiger partial charge >= 0.3 is 11.8 Å². The van der Waals surface area contributed by atoms with E-state index in [1.54, 1.807) is 6.20 Å². The lowest BCUT2D eigenvalue weighted by Crippen LogP contribution is -2.37. The summed E-state index contributed by atoms with van der Waals surface area (Å²) in [6, 6.07) is 2.24. The molecule has 0 saturated heterocycles. The number of aromatic amines is 1. The molecule has 0 aliphatic heterocycles. The number of nitrogens with zero attached hydrogens (tertiary/aromatic N) is 3. The fourth-order valence-electron chi connectivity index (χ4n) is 4.00. The zero-order valence-electron chi connectivity index (χ0n) is 16.5. The van der Waals surface area contributed by atoms with Crippen molar-refractivity contribution in [2.75, 3.05) is 25.6 Å². The van der Waals surface area contributed by atoms with Crippen LogP contribution in [0.25, 0.3) is 21.9 Å². The molecule has 1 saturated carbocycles. The number of pyridine rings is 1. The molecule has 1 aliphatic rings. The van der Waals surface area contributed by atoms with Gasteiger partial charge in [0.15, 0.2) is 5.82 Å². The van der Waals surface area contributed by atoms with Gasteiger partial charge in [-0.2, -0.15) is 5.10 Å². The van der Waals surface area contributed by atoms with Gasteiger partial charge in [-0.05, 0) is 18.9 Å². The highest BCUT2D eigenvalue weighted by Gasteiger charge is 2.24. The molecule has 3 heterocycles. The number of ether oxygens (including phenoxy) is 1. The molecular weight excluding hydrogens is 372 g/mol. The number of rotatable bonds is 5. The highest BCUT2D eigenvalue weighted by Crippen LogP contribution is 2.35. The van der Waals surface area contributed by atoms with Gasteiger partial charge in [0, 0.05) is 31.4 Å². The van der Waals surface area contributed by atoms with Gasteiger partial charge in [-0.15, -0.1) is 0 Å². The molecule has 0 bridgehead atoms. The van der Waals surface area contributed by atoms with Crippen molar-refractivity contribution in [3.63, 3.8) is 0 Å². The normalized spacial score (nSPS) is 15.5. The van der Waals surface area contributed by atoms with Crippen molar-refractivity contribution >= 4 is 39.6 Å². The first-order valence-electron chi connectivity index (χ1n) is 10.1. The third-order valence-corrected chi connectivity index (χ3v) is 5.45. The molecule has 3 aromatic heterocycles. The van der Waals surface area contributed by atoms with E-state index in [1.165, 1.54) is 20.0 Å². The summed E-state index contributed by atoms with van der Waals surface area (Å²) in [5.41, 5.74) is 1.72. The van der Waals surface area contributed by atoms with Crippen molar-refractivity contribution in [3.8, 4) is 0 Å². The molecule has 2 amide bonds. The lowest BCUT2D eigenvalue weighted by molar-refractivity contribution is -0.136. The Balaban J connectivity index is 1.69. The van der Waals surface area contributed by atoms with Crippen molar-refractivity contribution < 1.29 is 14.3 Å². The summed E-state index contributed by atoms with van der Waals surface area (Å²) in [6.45, 7) is 0.610. The van der Waals surface area contributed by atoms with Crippen LogP contribution in [0.4, 0.5) is 5.82 Å². The Labute approximate surface area is 168 Å². The Kier molecular flexibility index (Phi) is 5.75. The highest BCUT2D eigenvalue weighted by molar-refractivity contribution is 6.40. The Morgan fingerprint density at radius 3 is 2.76 bits per heavy atom. The number of amides is 2. The van der Waals surface area contributed by atoms with Crippen LogP contribution in [-0.4, -0.2) is 51.8 Å². The number of hydrogen-bond acceptors (Lipinski definition) is 5. The molecule has 29 heavy (non-hydrogen) atoms. The quantitative estimate of drug-likeness (QED) is 0.347. The van der Waals surface area contributed by atoms with Gasteiger partial charge in [0.1, 0.15) is 5.65 Å². The number of aromatic nitrogens is 4. The van der Waals surface area contributed by atoms with E-state index in [9.17, 15) is 9.59 Å². The van der Waals surface area contributed by atoms with Crippen LogP contribution < -0.4 is 10.6 Å². The largest absolute Gasteiger partial charge is 0.383 e. The molecule has 0 spiro atoms. The number of methoxy groups -OCH3 is 1. The molecule has 9 heteroatoms. The molecule has 1 aliphatic carbocycles. The number of carbonyl (C=O) groups is 2. The van der Waals surface area contributed by atoms with Crippen LogP contribution in [0.1, 0.15) is 44.6 Å². The van der Waals surface area contributed by atoms with E-state index in [-0.39, 0.29) is 12.6 Å². The number of carbonyl (C=O) groups excluding carboxylic acids is 2. The number of H-pyrrole nitrogens is 1. The lowest BCUT2D eigenvalue weighted by Gasteiger charge is -2.16. The van der Waals surface area contributed by atoms with Gasteiger partial charge in [0.2, 0.25) is 0 Å². The number of hydrogen-bond donors (Lipinski definition) is 3. The fraction of sp³-hybridized carbons (Fsp3) is 0.500. The van der Waals surface area contributed by atoms with Gasteiger partial charge in [-0.25, -0.2) is 4.98 Å². The van der Waals surface area contributed by atoms with E-state index in [4.69, 9.17) is 9.84 Å². The van der Waals surface area contributed by atoms with Crippen LogP contribution in [0.3, 0.4) is 0 Å². The van der Waals surface area contributed by atoms with Crippen molar-refractivity contribution in [3.05, 3.63) is 18.5 Å².